The Morgan fingerprint density at radius 1 is 1.27 bits per heavy atom. The molecule has 0 amide bonds. The fourth-order valence-corrected chi connectivity index (χ4v) is 2.94. The monoisotopic (exact) mass is 267 g/mol. The molecular weight excluding hydrogens is 253 g/mol. The van der Waals surface area contributed by atoms with Gasteiger partial charge in [-0.1, -0.05) is 22.6 Å². The lowest BCUT2D eigenvalue weighted by atomic mass is 9.73. The van der Waals surface area contributed by atoms with Crippen molar-refractivity contribution in [2.24, 2.45) is 5.73 Å². The summed E-state index contributed by atoms with van der Waals surface area (Å²) in [6.07, 6.45) is 4.67. The van der Waals surface area contributed by atoms with Gasteiger partial charge in [-0.25, -0.2) is 0 Å². The van der Waals surface area contributed by atoms with Crippen LogP contribution in [0.1, 0.15) is 25.7 Å². The lowest BCUT2D eigenvalue weighted by Gasteiger charge is -2.50. The number of hydrogen-bond donors (Lipinski definition) is 1. The van der Waals surface area contributed by atoms with Crippen LogP contribution in [0.15, 0.2) is 0 Å². The quantitative estimate of drug-likeness (QED) is 0.576. The van der Waals surface area contributed by atoms with Crippen LogP contribution in [0.25, 0.3) is 0 Å². The molecule has 0 aromatic heterocycles. The van der Waals surface area contributed by atoms with E-state index in [1.54, 1.807) is 0 Å². The SMILES string of the molecule is NC12CCC(CI)(CC1)OC2. The normalized spacial score (nSPS) is 49.6. The molecule has 3 heteroatoms. The first kappa shape index (κ1) is 8.26. The number of ether oxygens (including phenoxy) is 1. The second kappa shape index (κ2) is 2.57. The molecule has 2 aliphatic heterocycles. The predicted octanol–water partition coefficient (Wildman–Crippen LogP) is 1.46. The number of nitrogens with two attached hydrogens (primary N) is 1. The number of halogens is 1. The van der Waals surface area contributed by atoms with Crippen LogP contribution in [0.5, 0.6) is 0 Å². The zero-order chi connectivity index (χ0) is 7.95. The van der Waals surface area contributed by atoms with E-state index >= 15 is 0 Å². The summed E-state index contributed by atoms with van der Waals surface area (Å²) in [6.45, 7) is 0.788. The van der Waals surface area contributed by atoms with Crippen LogP contribution >= 0.6 is 22.6 Å². The Labute approximate surface area is 81.0 Å². The van der Waals surface area contributed by atoms with Gasteiger partial charge in [-0.2, -0.15) is 0 Å². The summed E-state index contributed by atoms with van der Waals surface area (Å²) >= 11 is 2.42. The minimum absolute atomic E-state index is 0.0353. The van der Waals surface area contributed by atoms with Crippen LogP contribution in [0.3, 0.4) is 0 Å². The Hall–Kier alpha value is 0.650. The molecule has 0 radical (unpaired) electrons. The average Bonchev–Trinajstić information content (AvgIpc) is 2.07. The highest BCUT2D eigenvalue weighted by atomic mass is 127. The maximum absolute atomic E-state index is 6.08. The Balaban J connectivity index is 2.12. The zero-order valence-electron chi connectivity index (χ0n) is 6.61. The van der Waals surface area contributed by atoms with Gasteiger partial charge in [-0.3, -0.25) is 0 Å². The topological polar surface area (TPSA) is 35.2 Å². The van der Waals surface area contributed by atoms with Crippen molar-refractivity contribution in [3.8, 4) is 0 Å². The van der Waals surface area contributed by atoms with Gasteiger partial charge in [0.1, 0.15) is 0 Å². The second-order valence-corrected chi connectivity index (χ2v) is 4.73. The number of hydrogen-bond acceptors (Lipinski definition) is 2. The third kappa shape index (κ3) is 1.31. The van der Waals surface area contributed by atoms with Crippen LogP contribution < -0.4 is 5.73 Å². The highest BCUT2D eigenvalue weighted by Gasteiger charge is 2.46. The van der Waals surface area contributed by atoms with Gasteiger partial charge in [-0.05, 0) is 25.7 Å². The molecule has 2 N–H and O–H groups in total. The summed E-state index contributed by atoms with van der Waals surface area (Å²) in [5.74, 6) is 0. The molecule has 0 spiro atoms. The molecule has 64 valence electrons. The van der Waals surface area contributed by atoms with Crippen molar-refractivity contribution in [3.63, 3.8) is 0 Å². The Morgan fingerprint density at radius 3 is 2.27 bits per heavy atom. The van der Waals surface area contributed by atoms with Crippen LogP contribution in [0, 0.1) is 0 Å². The fraction of sp³-hybridized carbons (Fsp3) is 1.00. The van der Waals surface area contributed by atoms with E-state index < -0.39 is 0 Å². The van der Waals surface area contributed by atoms with E-state index in [2.05, 4.69) is 22.6 Å². The lowest BCUT2D eigenvalue weighted by Crippen LogP contribution is -2.60. The maximum atomic E-state index is 6.08. The minimum atomic E-state index is 0.0353. The first-order valence-corrected chi connectivity index (χ1v) is 5.70. The average molecular weight is 267 g/mol. The second-order valence-electron chi connectivity index (χ2n) is 3.97. The maximum Gasteiger partial charge on any atom is 0.0773 e. The van der Waals surface area contributed by atoms with Gasteiger partial charge in [0.25, 0.3) is 0 Å². The molecule has 3 fully saturated rings. The molecule has 11 heavy (non-hydrogen) atoms. The van der Waals surface area contributed by atoms with Crippen molar-refractivity contribution >= 4 is 22.6 Å². The number of alkyl halides is 1. The van der Waals surface area contributed by atoms with E-state index in [4.69, 9.17) is 10.5 Å². The third-order valence-electron chi connectivity index (χ3n) is 3.07. The molecule has 2 bridgehead atoms. The Bertz CT molecular complexity index is 147. The number of rotatable bonds is 1. The van der Waals surface area contributed by atoms with E-state index in [1.165, 1.54) is 12.8 Å². The van der Waals surface area contributed by atoms with Crippen molar-refractivity contribution < 1.29 is 4.74 Å². The van der Waals surface area contributed by atoms with Gasteiger partial charge in [0, 0.05) is 9.97 Å². The number of fused-ring (bicyclic) bond motifs is 3. The van der Waals surface area contributed by atoms with E-state index in [0.717, 1.165) is 23.9 Å². The molecule has 1 saturated carbocycles. The van der Waals surface area contributed by atoms with E-state index in [1.807, 2.05) is 0 Å². The lowest BCUT2D eigenvalue weighted by molar-refractivity contribution is -0.137. The van der Waals surface area contributed by atoms with Crippen LogP contribution in [-0.2, 0) is 4.74 Å². The first-order valence-electron chi connectivity index (χ1n) is 4.17. The molecule has 0 unspecified atom stereocenters. The largest absolute Gasteiger partial charge is 0.372 e. The zero-order valence-corrected chi connectivity index (χ0v) is 8.76. The fourth-order valence-electron chi connectivity index (χ4n) is 1.96. The molecule has 0 aromatic rings. The van der Waals surface area contributed by atoms with Gasteiger partial charge in [0.15, 0.2) is 0 Å². The van der Waals surface area contributed by atoms with Crippen LogP contribution in [0.4, 0.5) is 0 Å². The highest BCUT2D eigenvalue weighted by molar-refractivity contribution is 14.1. The van der Waals surface area contributed by atoms with E-state index in [9.17, 15) is 0 Å². The van der Waals surface area contributed by atoms with Crippen LogP contribution in [-0.4, -0.2) is 22.2 Å². The minimum Gasteiger partial charge on any atom is -0.372 e. The Morgan fingerprint density at radius 2 is 1.91 bits per heavy atom. The van der Waals surface area contributed by atoms with Gasteiger partial charge in [-0.15, -0.1) is 0 Å². The smallest absolute Gasteiger partial charge is 0.0773 e. The van der Waals surface area contributed by atoms with E-state index in [0.29, 0.717) is 0 Å². The summed E-state index contributed by atoms with van der Waals surface area (Å²) < 4.78 is 6.91. The van der Waals surface area contributed by atoms with Gasteiger partial charge in [0.05, 0.1) is 12.2 Å². The standard InChI is InChI=1S/C8H14INO/c9-5-8-3-1-7(10,2-4-8)6-11-8/h1-6,10H2. The molecule has 1 aliphatic carbocycles. The van der Waals surface area contributed by atoms with Crippen molar-refractivity contribution in [2.45, 2.75) is 36.8 Å². The molecule has 0 atom stereocenters. The summed E-state index contributed by atoms with van der Waals surface area (Å²) in [5, 5.41) is 0. The molecule has 2 saturated heterocycles. The molecule has 3 aliphatic rings. The third-order valence-corrected chi connectivity index (χ3v) is 4.46. The van der Waals surface area contributed by atoms with E-state index in [-0.39, 0.29) is 11.1 Å². The molecule has 2 heterocycles. The summed E-state index contributed by atoms with van der Waals surface area (Å²) in [7, 11) is 0. The first-order chi connectivity index (χ1) is 5.18. The Kier molecular flexibility index (Phi) is 1.93. The van der Waals surface area contributed by atoms with Crippen LogP contribution in [0.2, 0.25) is 0 Å². The molecular formula is C8H14INO. The van der Waals surface area contributed by atoms with Crippen molar-refractivity contribution in [1.29, 1.82) is 0 Å². The highest BCUT2D eigenvalue weighted by Crippen LogP contribution is 2.42. The van der Waals surface area contributed by atoms with Gasteiger partial charge >= 0.3 is 0 Å². The predicted molar refractivity (Wildman–Crippen MR) is 53.0 cm³/mol. The summed E-state index contributed by atoms with van der Waals surface area (Å²) in [4.78, 5) is 0. The summed E-state index contributed by atoms with van der Waals surface area (Å²) in [5.41, 5.74) is 6.33. The van der Waals surface area contributed by atoms with Gasteiger partial charge in [0.2, 0.25) is 0 Å². The van der Waals surface area contributed by atoms with Gasteiger partial charge < -0.3 is 10.5 Å². The molecule has 2 nitrogen and oxygen atoms in total. The van der Waals surface area contributed by atoms with Crippen molar-refractivity contribution in [2.75, 3.05) is 11.0 Å². The van der Waals surface area contributed by atoms with Crippen molar-refractivity contribution in [3.05, 3.63) is 0 Å². The summed E-state index contributed by atoms with van der Waals surface area (Å²) in [6, 6.07) is 0. The molecule has 0 aromatic carbocycles. The molecule has 3 rings (SSSR count). The van der Waals surface area contributed by atoms with Crippen molar-refractivity contribution in [1.82, 2.24) is 0 Å².